The molecular formula is C15H19NO4. The molecule has 0 aliphatic carbocycles. The van der Waals surface area contributed by atoms with Crippen LogP contribution in [0, 0.1) is 0 Å². The van der Waals surface area contributed by atoms with Crippen LogP contribution in [0.3, 0.4) is 0 Å². The van der Waals surface area contributed by atoms with Crippen molar-refractivity contribution < 1.29 is 19.1 Å². The van der Waals surface area contributed by atoms with Crippen molar-refractivity contribution in [1.29, 1.82) is 0 Å². The molecule has 0 aliphatic rings. The van der Waals surface area contributed by atoms with Crippen LogP contribution < -0.4 is 14.8 Å². The van der Waals surface area contributed by atoms with Crippen molar-refractivity contribution >= 4 is 11.7 Å². The molecule has 0 unspecified atom stereocenters. The predicted molar refractivity (Wildman–Crippen MR) is 76.3 cm³/mol. The highest BCUT2D eigenvalue weighted by molar-refractivity contribution is 5.94. The van der Waals surface area contributed by atoms with Gasteiger partial charge in [0.15, 0.2) is 23.4 Å². The zero-order chi connectivity index (χ0) is 15.1. The molecule has 0 spiro atoms. The van der Waals surface area contributed by atoms with Gasteiger partial charge in [0.1, 0.15) is 0 Å². The van der Waals surface area contributed by atoms with E-state index in [9.17, 15) is 9.59 Å². The molecule has 1 aromatic rings. The van der Waals surface area contributed by atoms with E-state index in [1.165, 1.54) is 14.0 Å². The molecule has 0 heterocycles. The van der Waals surface area contributed by atoms with Gasteiger partial charge in [-0.05, 0) is 32.0 Å². The number of ketones is 1. The largest absolute Gasteiger partial charge is 0.493 e. The van der Waals surface area contributed by atoms with Crippen molar-refractivity contribution in [2.45, 2.75) is 20.0 Å². The highest BCUT2D eigenvalue weighted by Gasteiger charge is 2.16. The Morgan fingerprint density at radius 2 is 2.10 bits per heavy atom. The third-order valence-corrected chi connectivity index (χ3v) is 2.66. The molecule has 5 nitrogen and oxygen atoms in total. The molecule has 0 bridgehead atoms. The molecular weight excluding hydrogens is 258 g/mol. The van der Waals surface area contributed by atoms with Gasteiger partial charge >= 0.3 is 0 Å². The first-order valence-corrected chi connectivity index (χ1v) is 6.23. The predicted octanol–water partition coefficient (Wildman–Crippen LogP) is 1.97. The number of amides is 1. The fourth-order valence-corrected chi connectivity index (χ4v) is 1.54. The van der Waals surface area contributed by atoms with Gasteiger partial charge in [0.2, 0.25) is 0 Å². The Hall–Kier alpha value is -2.30. The van der Waals surface area contributed by atoms with Crippen LogP contribution in [0.5, 0.6) is 11.5 Å². The number of carbonyl (C=O) groups excluding carboxylic acids is 2. The minimum atomic E-state index is -0.674. The number of hydrogen-bond acceptors (Lipinski definition) is 4. The van der Waals surface area contributed by atoms with Crippen LogP contribution in [0.4, 0.5) is 0 Å². The highest BCUT2D eigenvalue weighted by atomic mass is 16.5. The molecule has 20 heavy (non-hydrogen) atoms. The molecule has 0 aliphatic heterocycles. The van der Waals surface area contributed by atoms with Crippen LogP contribution in [0.2, 0.25) is 0 Å². The van der Waals surface area contributed by atoms with Crippen molar-refractivity contribution in [3.05, 3.63) is 36.4 Å². The second kappa shape index (κ2) is 7.33. The summed E-state index contributed by atoms with van der Waals surface area (Å²) in [5.41, 5.74) is 0.526. The maximum Gasteiger partial charge on any atom is 0.261 e. The SMILES string of the molecule is C=CCNC(=O)[C@H](C)Oc1ccc(C(C)=O)cc1OC. The summed E-state index contributed by atoms with van der Waals surface area (Å²) < 4.78 is 10.7. The molecule has 0 radical (unpaired) electrons. The van der Waals surface area contributed by atoms with E-state index in [0.717, 1.165) is 0 Å². The number of rotatable bonds is 7. The van der Waals surface area contributed by atoms with Crippen LogP contribution in [0.1, 0.15) is 24.2 Å². The summed E-state index contributed by atoms with van der Waals surface area (Å²) in [6, 6.07) is 4.84. The average molecular weight is 277 g/mol. The van der Waals surface area contributed by atoms with E-state index in [1.54, 1.807) is 31.2 Å². The lowest BCUT2D eigenvalue weighted by Crippen LogP contribution is -2.36. The van der Waals surface area contributed by atoms with Crippen LogP contribution in [0.15, 0.2) is 30.9 Å². The van der Waals surface area contributed by atoms with Gasteiger partial charge < -0.3 is 14.8 Å². The van der Waals surface area contributed by atoms with Gasteiger partial charge in [0, 0.05) is 12.1 Å². The number of hydrogen-bond donors (Lipinski definition) is 1. The monoisotopic (exact) mass is 277 g/mol. The summed E-state index contributed by atoms with van der Waals surface area (Å²) in [6.45, 7) is 7.01. The van der Waals surface area contributed by atoms with E-state index in [2.05, 4.69) is 11.9 Å². The van der Waals surface area contributed by atoms with Crippen LogP contribution in [-0.4, -0.2) is 31.4 Å². The van der Waals surface area contributed by atoms with Crippen molar-refractivity contribution in [2.24, 2.45) is 0 Å². The Morgan fingerprint density at radius 1 is 1.40 bits per heavy atom. The fourth-order valence-electron chi connectivity index (χ4n) is 1.54. The first-order chi connectivity index (χ1) is 9.49. The van der Waals surface area contributed by atoms with E-state index < -0.39 is 6.10 Å². The van der Waals surface area contributed by atoms with Gasteiger partial charge in [-0.2, -0.15) is 0 Å². The lowest BCUT2D eigenvalue weighted by molar-refractivity contribution is -0.127. The third-order valence-electron chi connectivity index (χ3n) is 2.66. The van der Waals surface area contributed by atoms with Crippen LogP contribution in [0.25, 0.3) is 0 Å². The van der Waals surface area contributed by atoms with Gasteiger partial charge in [0.25, 0.3) is 5.91 Å². The second-order valence-electron chi connectivity index (χ2n) is 4.22. The summed E-state index contributed by atoms with van der Waals surface area (Å²) in [6.07, 6.45) is 0.916. The molecule has 1 amide bonds. The van der Waals surface area contributed by atoms with Crippen molar-refractivity contribution in [1.82, 2.24) is 5.32 Å². The number of nitrogens with one attached hydrogen (secondary N) is 1. The molecule has 1 aromatic carbocycles. The molecule has 0 fully saturated rings. The van der Waals surface area contributed by atoms with E-state index >= 15 is 0 Å². The summed E-state index contributed by atoms with van der Waals surface area (Å²) in [7, 11) is 1.48. The number of methoxy groups -OCH3 is 1. The van der Waals surface area contributed by atoms with Crippen LogP contribution in [-0.2, 0) is 4.79 Å². The van der Waals surface area contributed by atoms with Gasteiger partial charge in [-0.3, -0.25) is 9.59 Å². The number of Topliss-reactive ketones (excluding diaryl/α,β-unsaturated/α-hetero) is 1. The Balaban J connectivity index is 2.83. The normalized spacial score (nSPS) is 11.3. The third kappa shape index (κ3) is 4.12. The Morgan fingerprint density at radius 3 is 2.65 bits per heavy atom. The summed E-state index contributed by atoms with van der Waals surface area (Å²) in [5.74, 6) is 0.522. The van der Waals surface area contributed by atoms with Crippen molar-refractivity contribution in [2.75, 3.05) is 13.7 Å². The first kappa shape index (κ1) is 15.8. The number of carbonyl (C=O) groups is 2. The van der Waals surface area contributed by atoms with Crippen LogP contribution >= 0.6 is 0 Å². The van der Waals surface area contributed by atoms with E-state index in [1.807, 2.05) is 0 Å². The smallest absolute Gasteiger partial charge is 0.261 e. The van der Waals surface area contributed by atoms with Gasteiger partial charge in [0.05, 0.1) is 7.11 Å². The molecule has 0 saturated carbocycles. The molecule has 0 aromatic heterocycles. The maximum absolute atomic E-state index is 11.7. The molecule has 1 N–H and O–H groups in total. The molecule has 5 heteroatoms. The molecule has 108 valence electrons. The van der Waals surface area contributed by atoms with E-state index in [4.69, 9.17) is 9.47 Å². The summed E-state index contributed by atoms with van der Waals surface area (Å²) in [5, 5.41) is 2.64. The summed E-state index contributed by atoms with van der Waals surface area (Å²) >= 11 is 0. The lowest BCUT2D eigenvalue weighted by atomic mass is 10.1. The van der Waals surface area contributed by atoms with Gasteiger partial charge in [-0.1, -0.05) is 6.08 Å². The average Bonchev–Trinajstić information content (AvgIpc) is 2.44. The zero-order valence-corrected chi connectivity index (χ0v) is 11.9. The topological polar surface area (TPSA) is 64.6 Å². The molecule has 0 saturated heterocycles. The Bertz CT molecular complexity index is 511. The van der Waals surface area contributed by atoms with Gasteiger partial charge in [-0.15, -0.1) is 6.58 Å². The fraction of sp³-hybridized carbons (Fsp3) is 0.333. The first-order valence-electron chi connectivity index (χ1n) is 6.23. The minimum Gasteiger partial charge on any atom is -0.493 e. The zero-order valence-electron chi connectivity index (χ0n) is 11.9. The van der Waals surface area contributed by atoms with Gasteiger partial charge in [-0.25, -0.2) is 0 Å². The molecule has 1 rings (SSSR count). The van der Waals surface area contributed by atoms with Crippen molar-refractivity contribution in [3.63, 3.8) is 0 Å². The lowest BCUT2D eigenvalue weighted by Gasteiger charge is -2.16. The Kier molecular flexibility index (Phi) is 5.77. The standard InChI is InChI=1S/C15H19NO4/c1-5-8-16-15(18)11(3)20-13-7-6-12(10(2)17)9-14(13)19-4/h5-7,9,11H,1,8H2,2-4H3,(H,16,18)/t11-/m0/s1. The number of benzene rings is 1. The Labute approximate surface area is 118 Å². The minimum absolute atomic E-state index is 0.0633. The second-order valence-corrected chi connectivity index (χ2v) is 4.22. The highest BCUT2D eigenvalue weighted by Crippen LogP contribution is 2.29. The quantitative estimate of drug-likeness (QED) is 0.611. The molecule has 1 atom stereocenters. The van der Waals surface area contributed by atoms with E-state index in [0.29, 0.717) is 23.6 Å². The maximum atomic E-state index is 11.7. The number of ether oxygens (including phenoxy) is 2. The van der Waals surface area contributed by atoms with Crippen molar-refractivity contribution in [3.8, 4) is 11.5 Å². The summed E-state index contributed by atoms with van der Waals surface area (Å²) in [4.78, 5) is 23.0. The van der Waals surface area contributed by atoms with E-state index in [-0.39, 0.29) is 11.7 Å².